The molecule has 0 aromatic carbocycles. The Bertz CT molecular complexity index is 728. The molecule has 0 aliphatic rings. The van der Waals surface area contributed by atoms with Gasteiger partial charge in [-0.1, -0.05) is 41.5 Å². The first-order chi connectivity index (χ1) is 19.7. The molecule has 48 heavy (non-hydrogen) atoms. The van der Waals surface area contributed by atoms with E-state index in [-0.39, 0.29) is 214 Å². The van der Waals surface area contributed by atoms with E-state index in [4.69, 9.17) is 15.3 Å². The minimum Gasteiger partial charge on any atom is -0.882 e. The normalized spacial score (nSPS) is 8.12. The van der Waals surface area contributed by atoms with Gasteiger partial charge in [-0.2, -0.15) is 53.3 Å². The third-order valence-corrected chi connectivity index (χ3v) is 2.15. The molecule has 9 nitrogen and oxygen atoms in total. The Hall–Kier alpha value is 2.52. The molecule has 0 atom stereocenters. The maximum Gasteiger partial charge on any atom is 0.104 e. The summed E-state index contributed by atoms with van der Waals surface area (Å²) in [6.45, 7) is 29.7. The van der Waals surface area contributed by atoms with Gasteiger partial charge in [0.2, 0.25) is 0 Å². The fourth-order valence-electron chi connectivity index (χ4n) is 0.298. The number of hydrogen-bond acceptors (Lipinski definition) is 9. The molecule has 0 aliphatic carbocycles. The van der Waals surface area contributed by atoms with Crippen LogP contribution in [0.15, 0.2) is 56.3 Å². The van der Waals surface area contributed by atoms with Crippen LogP contribution in [0.2, 0.25) is 0 Å². The van der Waals surface area contributed by atoms with Gasteiger partial charge >= 0.3 is 0 Å². The largest absolute Gasteiger partial charge is 0.882 e. The molecular weight excluding hydrogens is 1120 g/mol. The molecule has 0 unspecified atom stereocenters. The average Bonchev–Trinajstić information content (AvgIpc) is 3.02. The summed E-state index contributed by atoms with van der Waals surface area (Å²) >= 11 is 13.5. The molecule has 0 rings (SSSR count). The Morgan fingerprint density at radius 2 is 0.667 bits per heavy atom. The molecular formula is C30H53N6O3S3Y6-9. The molecule has 18 heteroatoms. The fourth-order valence-corrected chi connectivity index (χ4v) is 0.400. The van der Waals surface area contributed by atoms with Crippen LogP contribution in [0.1, 0.15) is 69.2 Å². The van der Waals surface area contributed by atoms with Crippen molar-refractivity contribution in [2.24, 2.45) is 30.0 Å². The molecule has 0 aromatic heterocycles. The van der Waals surface area contributed by atoms with Crippen LogP contribution in [0.4, 0.5) is 0 Å². The summed E-state index contributed by atoms with van der Waals surface area (Å²) in [5.74, 6) is 9.69. The van der Waals surface area contributed by atoms with E-state index in [1.54, 1.807) is 27.7 Å². The van der Waals surface area contributed by atoms with E-state index in [9.17, 15) is 0 Å². The van der Waals surface area contributed by atoms with Crippen LogP contribution >= 0.6 is 0 Å². The maximum absolute atomic E-state index is 8.37. The first-order valence-corrected chi connectivity index (χ1v) is 12.7. The van der Waals surface area contributed by atoms with Gasteiger partial charge in [-0.15, -0.1) is 57.9 Å². The monoisotopic (exact) mass is 1170 g/mol. The number of aliphatic hydroxyl groups excluding tert-OH is 3. The number of hydrogen-bond donors (Lipinski definition) is 3. The second-order valence-corrected chi connectivity index (χ2v) is 6.03. The van der Waals surface area contributed by atoms with Crippen molar-refractivity contribution in [2.45, 2.75) is 69.2 Å². The summed E-state index contributed by atoms with van der Waals surface area (Å²) in [6.07, 6.45) is 0. The summed E-state index contributed by atoms with van der Waals surface area (Å²) in [7, 11) is 18.6. The molecule has 0 fully saturated rings. The van der Waals surface area contributed by atoms with Gasteiger partial charge in [0.25, 0.3) is 0 Å². The van der Waals surface area contributed by atoms with E-state index in [0.29, 0.717) is 15.1 Å². The van der Waals surface area contributed by atoms with Gasteiger partial charge in [-0.25, -0.2) is 0 Å². The zero-order valence-electron chi connectivity index (χ0n) is 30.8. The number of aliphatic imine (C=N–C) groups is 6. The van der Waals surface area contributed by atoms with Crippen molar-refractivity contribution in [1.29, 1.82) is 0 Å². The van der Waals surface area contributed by atoms with E-state index < -0.39 is 0 Å². The molecule has 0 heterocycles. The van der Waals surface area contributed by atoms with E-state index in [1.165, 1.54) is 13.8 Å². The molecule has 3 N–H and O–H groups in total. The van der Waals surface area contributed by atoms with Crippen molar-refractivity contribution in [3.8, 4) is 23.7 Å². The summed E-state index contributed by atoms with van der Waals surface area (Å²) in [5.41, 5.74) is 0. The van der Waals surface area contributed by atoms with Crippen molar-refractivity contribution < 1.29 is 212 Å². The standard InChI is InChI=1S/C5H6NO.C5H6NS.2C3H6NO.2C3H6NS.2C2H6.2C2H4.6Y/c2*1-3-4-5(7)6-2;4*1-3(5)4-2;4*1-2;;;;;;/h2*2H2,1H3,(H,6,7);4*2H2,1H3,(H,4,5);2*1-2H3;2*1-2H2;;;;;;/q6*-1;;;;;;;;;;/p-3. The Kier molecular flexibility index (Phi) is 271. The molecule has 0 spiro atoms. The molecule has 0 saturated carbocycles. The smallest absolute Gasteiger partial charge is 0.104 e. The van der Waals surface area contributed by atoms with Crippen LogP contribution in [-0.4, -0.2) is 48.1 Å². The Morgan fingerprint density at radius 3 is 0.708 bits per heavy atom. The Morgan fingerprint density at radius 1 is 0.479 bits per heavy atom. The third kappa shape index (κ3) is 260. The van der Waals surface area contributed by atoms with Gasteiger partial charge in [-0.05, 0) is 13.8 Å². The van der Waals surface area contributed by atoms with Crippen molar-refractivity contribution in [3.05, 3.63) is 68.6 Å². The van der Waals surface area contributed by atoms with Gasteiger partial charge in [0.1, 0.15) is 5.90 Å². The minimum absolute atomic E-state index is 0. The summed E-state index contributed by atoms with van der Waals surface area (Å²) < 4.78 is 0. The minimum atomic E-state index is -0.220. The Labute approximate surface area is 465 Å². The van der Waals surface area contributed by atoms with Gasteiger partial charge < -0.3 is 83.2 Å². The predicted molar refractivity (Wildman–Crippen MR) is 202 cm³/mol. The van der Waals surface area contributed by atoms with E-state index >= 15 is 0 Å². The second-order valence-electron chi connectivity index (χ2n) is 4.46. The van der Waals surface area contributed by atoms with Crippen LogP contribution in [0, 0.1) is 66.0 Å². The van der Waals surface area contributed by atoms with Crippen LogP contribution in [0.5, 0.6) is 0 Å². The molecule has 0 saturated heterocycles. The zero-order valence-corrected chi connectivity index (χ0v) is 50.3. The molecule has 0 bridgehead atoms. The van der Waals surface area contributed by atoms with Crippen LogP contribution in [0.3, 0.4) is 0 Å². The zero-order chi connectivity index (χ0) is 36.5. The number of aliphatic hydroxyl groups is 3. The third-order valence-electron chi connectivity index (χ3n) is 1.67. The number of rotatable bonds is 0. The maximum atomic E-state index is 8.37. The van der Waals surface area contributed by atoms with Crippen molar-refractivity contribution in [1.82, 2.24) is 0 Å². The van der Waals surface area contributed by atoms with Gasteiger partial charge in [-0.3, -0.25) is 10.1 Å². The summed E-state index contributed by atoms with van der Waals surface area (Å²) in [4.78, 5) is 19.5. The molecule has 0 aromatic rings. The quantitative estimate of drug-likeness (QED) is 0.0561. The van der Waals surface area contributed by atoms with Gasteiger partial charge in [0.05, 0.1) is 0 Å². The summed E-state index contributed by atoms with van der Waals surface area (Å²) in [6, 6.07) is 0. The molecule has 0 aliphatic heterocycles. The topological polar surface area (TPSA) is 135 Å². The van der Waals surface area contributed by atoms with Crippen LogP contribution in [-0.2, 0) is 234 Å². The van der Waals surface area contributed by atoms with Gasteiger partial charge in [0, 0.05) is 208 Å². The fraction of sp³-hybridized carbons (Fsp3) is 0.333. The summed E-state index contributed by atoms with van der Waals surface area (Å²) in [5, 5.41) is 26.0. The molecule has 6 radical (unpaired) electrons. The second kappa shape index (κ2) is 125. The Balaban J connectivity index is -0.0000000172. The SMILES string of the molecule is C=C.C=C.CC.CC.[CH2-]N=C(C)O.[CH2-]N=C(C)O.[CH2-]N=C(C)[S-].[CH2-]N=C(C)[S-].[CH2-]N=C(O)C#CC.[CH2-]N=C([S-])C#CC.[Y].[Y].[Y].[Y].[Y].[Y]. The van der Waals surface area contributed by atoms with Crippen molar-refractivity contribution in [2.75, 3.05) is 0 Å². The first kappa shape index (κ1) is 104. The molecule has 266 valence electrons. The van der Waals surface area contributed by atoms with E-state index in [0.717, 1.165) is 0 Å². The van der Waals surface area contributed by atoms with E-state index in [1.807, 2.05) is 27.7 Å². The predicted octanol–water partition coefficient (Wildman–Crippen LogP) is 8.14. The van der Waals surface area contributed by atoms with E-state index in [2.05, 4.69) is 160 Å². The molecule has 0 amide bonds. The van der Waals surface area contributed by atoms with Gasteiger partial charge in [0.15, 0.2) is 0 Å². The average molecular weight is 1180 g/mol. The first-order valence-electron chi connectivity index (χ1n) is 11.5. The van der Waals surface area contributed by atoms with Crippen molar-refractivity contribution in [3.63, 3.8) is 0 Å². The van der Waals surface area contributed by atoms with Crippen molar-refractivity contribution >= 4 is 70.7 Å². The number of nitrogens with zero attached hydrogens (tertiary/aromatic N) is 6. The van der Waals surface area contributed by atoms with Crippen LogP contribution < -0.4 is 0 Å². The van der Waals surface area contributed by atoms with Crippen LogP contribution in [0.25, 0.3) is 0 Å².